The van der Waals surface area contributed by atoms with Crippen LogP contribution in [0.3, 0.4) is 0 Å². The summed E-state index contributed by atoms with van der Waals surface area (Å²) in [5.41, 5.74) is -0.249. The Balaban J connectivity index is 0.00000182. The molecule has 1 saturated heterocycles. The van der Waals surface area contributed by atoms with Crippen LogP contribution in [0.4, 0.5) is 13.2 Å². The number of hydrogen-bond acceptors (Lipinski definition) is 4. The SMILES string of the molecule is Cl.Cl.FC(F)(F)c1cccc(-c2ccc(CNCCN3CCOCC3)o2)c1. The average Bonchev–Trinajstić information content (AvgIpc) is 3.08. The maximum atomic E-state index is 12.8. The highest BCUT2D eigenvalue weighted by Crippen LogP contribution is 2.32. The van der Waals surface area contributed by atoms with Crippen molar-refractivity contribution in [3.63, 3.8) is 0 Å². The monoisotopic (exact) mass is 426 g/mol. The van der Waals surface area contributed by atoms with E-state index in [1.807, 2.05) is 0 Å². The third-order valence-electron chi connectivity index (χ3n) is 4.14. The van der Waals surface area contributed by atoms with E-state index in [-0.39, 0.29) is 24.8 Å². The molecule has 1 aliphatic heterocycles. The lowest BCUT2D eigenvalue weighted by atomic mass is 10.1. The molecule has 1 aromatic heterocycles. The molecule has 0 amide bonds. The molecule has 3 rings (SSSR count). The first kappa shape index (κ1) is 23.8. The fourth-order valence-corrected chi connectivity index (χ4v) is 2.75. The fraction of sp³-hybridized carbons (Fsp3) is 0.444. The number of alkyl halides is 3. The van der Waals surface area contributed by atoms with E-state index >= 15 is 0 Å². The number of nitrogens with one attached hydrogen (secondary N) is 1. The lowest BCUT2D eigenvalue weighted by molar-refractivity contribution is -0.137. The van der Waals surface area contributed by atoms with E-state index in [4.69, 9.17) is 9.15 Å². The first-order valence-electron chi connectivity index (χ1n) is 8.29. The highest BCUT2D eigenvalue weighted by Gasteiger charge is 2.30. The zero-order valence-corrected chi connectivity index (χ0v) is 16.3. The predicted octanol–water partition coefficient (Wildman–Crippen LogP) is 4.23. The molecule has 0 unspecified atom stereocenters. The Labute approximate surface area is 168 Å². The smallest absolute Gasteiger partial charge is 0.416 e. The maximum Gasteiger partial charge on any atom is 0.416 e. The molecule has 1 aromatic carbocycles. The van der Waals surface area contributed by atoms with Gasteiger partial charge in [-0.15, -0.1) is 24.8 Å². The summed E-state index contributed by atoms with van der Waals surface area (Å²) >= 11 is 0. The van der Waals surface area contributed by atoms with Gasteiger partial charge in [-0.3, -0.25) is 4.90 Å². The number of halogens is 5. The number of hydrogen-bond donors (Lipinski definition) is 1. The summed E-state index contributed by atoms with van der Waals surface area (Å²) in [4.78, 5) is 2.33. The third-order valence-corrected chi connectivity index (χ3v) is 4.14. The van der Waals surface area contributed by atoms with Crippen LogP contribution >= 0.6 is 24.8 Å². The Bertz CT molecular complexity index is 689. The van der Waals surface area contributed by atoms with E-state index in [1.54, 1.807) is 18.2 Å². The van der Waals surface area contributed by atoms with Gasteiger partial charge in [0.15, 0.2) is 0 Å². The van der Waals surface area contributed by atoms with Gasteiger partial charge in [0.05, 0.1) is 25.3 Å². The van der Waals surface area contributed by atoms with Crippen molar-refractivity contribution in [1.82, 2.24) is 10.2 Å². The van der Waals surface area contributed by atoms with E-state index in [0.717, 1.165) is 51.5 Å². The van der Waals surface area contributed by atoms with Crippen LogP contribution in [0.5, 0.6) is 0 Å². The van der Waals surface area contributed by atoms with Crippen LogP contribution in [0.2, 0.25) is 0 Å². The summed E-state index contributed by atoms with van der Waals surface area (Å²) in [7, 11) is 0. The molecule has 0 saturated carbocycles. The topological polar surface area (TPSA) is 37.6 Å². The average molecular weight is 427 g/mol. The molecule has 1 N–H and O–H groups in total. The lowest BCUT2D eigenvalue weighted by Gasteiger charge is -2.26. The number of ether oxygens (including phenoxy) is 1. The van der Waals surface area contributed by atoms with E-state index in [9.17, 15) is 13.2 Å². The summed E-state index contributed by atoms with van der Waals surface area (Å²) in [6.45, 7) is 5.74. The van der Waals surface area contributed by atoms with Gasteiger partial charge >= 0.3 is 6.18 Å². The molecule has 27 heavy (non-hydrogen) atoms. The van der Waals surface area contributed by atoms with Crippen molar-refractivity contribution in [1.29, 1.82) is 0 Å². The van der Waals surface area contributed by atoms with Crippen molar-refractivity contribution >= 4 is 24.8 Å². The third kappa shape index (κ3) is 7.01. The van der Waals surface area contributed by atoms with Crippen LogP contribution in [0.25, 0.3) is 11.3 Å². The minimum Gasteiger partial charge on any atom is -0.460 e. The number of furan rings is 1. The first-order valence-corrected chi connectivity index (χ1v) is 8.29. The van der Waals surface area contributed by atoms with Gasteiger partial charge in [0.25, 0.3) is 0 Å². The molecule has 2 heterocycles. The summed E-state index contributed by atoms with van der Waals surface area (Å²) in [6, 6.07) is 8.66. The maximum absolute atomic E-state index is 12.8. The molecular formula is C18H23Cl2F3N2O2. The summed E-state index contributed by atoms with van der Waals surface area (Å²) < 4.78 is 49.4. The van der Waals surface area contributed by atoms with Crippen molar-refractivity contribution in [2.24, 2.45) is 0 Å². The number of benzene rings is 1. The molecule has 0 radical (unpaired) electrons. The summed E-state index contributed by atoms with van der Waals surface area (Å²) in [6.07, 6.45) is -4.35. The molecule has 1 aliphatic rings. The molecule has 9 heteroatoms. The van der Waals surface area contributed by atoms with Crippen molar-refractivity contribution in [3.8, 4) is 11.3 Å². The first-order chi connectivity index (χ1) is 12.0. The summed E-state index contributed by atoms with van der Waals surface area (Å²) in [5, 5.41) is 3.29. The Kier molecular flexibility index (Phi) is 9.62. The fourth-order valence-electron chi connectivity index (χ4n) is 2.75. The minimum absolute atomic E-state index is 0. The standard InChI is InChI=1S/C18H21F3N2O2.2ClH/c19-18(20,21)15-3-1-2-14(12-15)17-5-4-16(25-17)13-22-6-7-23-8-10-24-11-9-23;;/h1-5,12,22H,6-11,13H2;2*1H. The van der Waals surface area contributed by atoms with Gasteiger partial charge in [-0.25, -0.2) is 0 Å². The van der Waals surface area contributed by atoms with E-state index < -0.39 is 11.7 Å². The molecule has 1 fully saturated rings. The van der Waals surface area contributed by atoms with Crippen LogP contribution in [0.1, 0.15) is 11.3 Å². The van der Waals surface area contributed by atoms with Crippen LogP contribution in [0.15, 0.2) is 40.8 Å². The van der Waals surface area contributed by atoms with Gasteiger partial charge in [-0.05, 0) is 24.3 Å². The zero-order chi connectivity index (χ0) is 17.7. The van der Waals surface area contributed by atoms with Gasteiger partial charge in [0.1, 0.15) is 11.5 Å². The lowest BCUT2D eigenvalue weighted by Crippen LogP contribution is -2.40. The van der Waals surface area contributed by atoms with Crippen LogP contribution in [-0.2, 0) is 17.5 Å². The Morgan fingerprint density at radius 3 is 2.48 bits per heavy atom. The molecule has 4 nitrogen and oxygen atoms in total. The molecule has 0 spiro atoms. The second-order valence-electron chi connectivity index (χ2n) is 5.98. The van der Waals surface area contributed by atoms with Crippen molar-refractivity contribution in [2.45, 2.75) is 12.7 Å². The van der Waals surface area contributed by atoms with Crippen LogP contribution in [0, 0.1) is 0 Å². The Morgan fingerprint density at radius 2 is 1.78 bits per heavy atom. The second-order valence-corrected chi connectivity index (χ2v) is 5.98. The van der Waals surface area contributed by atoms with Gasteiger partial charge < -0.3 is 14.5 Å². The molecule has 2 aromatic rings. The molecule has 0 atom stereocenters. The number of rotatable bonds is 6. The van der Waals surface area contributed by atoms with Crippen molar-refractivity contribution in [2.75, 3.05) is 39.4 Å². The Morgan fingerprint density at radius 1 is 1.04 bits per heavy atom. The summed E-state index contributed by atoms with van der Waals surface area (Å²) in [5.74, 6) is 1.14. The number of nitrogens with zero attached hydrogens (tertiary/aromatic N) is 1. The van der Waals surface area contributed by atoms with Crippen LogP contribution in [-0.4, -0.2) is 44.3 Å². The highest BCUT2D eigenvalue weighted by atomic mass is 35.5. The quantitative estimate of drug-likeness (QED) is 0.701. The second kappa shape index (κ2) is 10.9. The Hall–Kier alpha value is -1.25. The number of morpholine rings is 1. The van der Waals surface area contributed by atoms with Gasteiger partial charge in [-0.1, -0.05) is 12.1 Å². The highest BCUT2D eigenvalue weighted by molar-refractivity contribution is 5.85. The zero-order valence-electron chi connectivity index (χ0n) is 14.6. The predicted molar refractivity (Wildman–Crippen MR) is 103 cm³/mol. The molecule has 152 valence electrons. The van der Waals surface area contributed by atoms with Gasteiger partial charge in [0.2, 0.25) is 0 Å². The van der Waals surface area contributed by atoms with E-state index in [2.05, 4.69) is 10.2 Å². The van der Waals surface area contributed by atoms with Crippen LogP contribution < -0.4 is 5.32 Å². The molecule has 0 aliphatic carbocycles. The minimum atomic E-state index is -4.35. The van der Waals surface area contributed by atoms with Gasteiger partial charge in [0, 0.05) is 31.7 Å². The van der Waals surface area contributed by atoms with E-state index in [0.29, 0.717) is 23.6 Å². The molecular weight excluding hydrogens is 404 g/mol. The normalized spacial score (nSPS) is 15.1. The van der Waals surface area contributed by atoms with Gasteiger partial charge in [-0.2, -0.15) is 13.2 Å². The largest absolute Gasteiger partial charge is 0.460 e. The van der Waals surface area contributed by atoms with Crippen molar-refractivity contribution < 1.29 is 22.3 Å². The van der Waals surface area contributed by atoms with Crippen molar-refractivity contribution in [3.05, 3.63) is 47.7 Å². The molecule has 0 bridgehead atoms. The van der Waals surface area contributed by atoms with E-state index in [1.165, 1.54) is 6.07 Å².